The van der Waals surface area contributed by atoms with E-state index in [1.54, 1.807) is 0 Å². The van der Waals surface area contributed by atoms with Crippen LogP contribution in [0.15, 0.2) is 30.5 Å². The molecule has 1 heterocycles. The number of aromatic nitrogens is 2. The number of hydrogen-bond acceptors (Lipinski definition) is 2. The quantitative estimate of drug-likeness (QED) is 0.782. The number of nitrogens with zero attached hydrogens (tertiary/aromatic N) is 1. The molecule has 2 aliphatic rings. The average molecular weight is 342 g/mol. The van der Waals surface area contributed by atoms with Crippen LogP contribution in [0.25, 0.3) is 0 Å². The van der Waals surface area contributed by atoms with Gasteiger partial charge in [-0.15, -0.1) is 0 Å². The molecule has 1 aromatic heterocycles. The number of rotatable bonds is 5. The van der Waals surface area contributed by atoms with E-state index < -0.39 is 0 Å². The number of aryl methyl sites for hydroxylation is 1. The third kappa shape index (κ3) is 3.83. The maximum Gasteiger partial charge on any atom is 0.315 e. The Morgan fingerprint density at radius 3 is 2.88 bits per heavy atom. The van der Waals surface area contributed by atoms with Gasteiger partial charge in [0.25, 0.3) is 0 Å². The van der Waals surface area contributed by atoms with Crippen LogP contribution in [0.5, 0.6) is 0 Å². The highest BCUT2D eigenvalue weighted by atomic mass is 19.1. The van der Waals surface area contributed by atoms with Crippen LogP contribution in [0.1, 0.15) is 36.1 Å². The smallest absolute Gasteiger partial charge is 0.315 e. The van der Waals surface area contributed by atoms with E-state index in [0.29, 0.717) is 6.54 Å². The fraction of sp³-hybridized carbons (Fsp3) is 0.474. The molecule has 0 bridgehead atoms. The van der Waals surface area contributed by atoms with E-state index in [1.165, 1.54) is 17.7 Å². The average Bonchev–Trinajstić information content (AvgIpc) is 3.21. The first-order valence-corrected chi connectivity index (χ1v) is 8.92. The van der Waals surface area contributed by atoms with Crippen molar-refractivity contribution in [3.8, 4) is 0 Å². The van der Waals surface area contributed by atoms with Crippen molar-refractivity contribution in [2.75, 3.05) is 6.54 Å². The van der Waals surface area contributed by atoms with Gasteiger partial charge in [-0.3, -0.25) is 5.10 Å². The van der Waals surface area contributed by atoms with Crippen LogP contribution in [0.4, 0.5) is 9.18 Å². The second-order valence-electron chi connectivity index (χ2n) is 7.44. The molecule has 1 atom stereocenters. The molecule has 0 saturated heterocycles. The van der Waals surface area contributed by atoms with Crippen molar-refractivity contribution in [2.45, 2.75) is 44.6 Å². The molecule has 2 aromatic rings. The number of aromatic amines is 1. The zero-order chi connectivity index (χ0) is 17.3. The van der Waals surface area contributed by atoms with Gasteiger partial charge in [0, 0.05) is 24.7 Å². The second-order valence-corrected chi connectivity index (χ2v) is 7.44. The molecular weight excluding hydrogens is 319 g/mol. The first-order chi connectivity index (χ1) is 12.1. The summed E-state index contributed by atoms with van der Waals surface area (Å²) in [6, 6.07) is 6.72. The van der Waals surface area contributed by atoms with Crippen molar-refractivity contribution in [1.29, 1.82) is 0 Å². The van der Waals surface area contributed by atoms with Crippen molar-refractivity contribution in [3.63, 3.8) is 0 Å². The standard InChI is InChI=1S/C19H23FN4O/c20-15-4-1-13(2-5-15)10-19(7-8-19)12-21-18(25)23-16-6-3-14-11-22-24-17(14)9-16/h1-2,4-5,11,16H,3,6-10,12H2,(H,22,24)(H2,21,23,25). The van der Waals surface area contributed by atoms with Gasteiger partial charge in [-0.05, 0) is 60.8 Å². The number of H-pyrrole nitrogens is 1. The Labute approximate surface area is 146 Å². The number of carbonyl (C=O) groups is 1. The summed E-state index contributed by atoms with van der Waals surface area (Å²) in [4.78, 5) is 12.2. The van der Waals surface area contributed by atoms with Gasteiger partial charge in [-0.25, -0.2) is 9.18 Å². The largest absolute Gasteiger partial charge is 0.338 e. The molecule has 4 rings (SSSR count). The van der Waals surface area contributed by atoms with Gasteiger partial charge in [0.05, 0.1) is 6.20 Å². The minimum Gasteiger partial charge on any atom is -0.338 e. The maximum absolute atomic E-state index is 13.0. The summed E-state index contributed by atoms with van der Waals surface area (Å²) in [7, 11) is 0. The highest BCUT2D eigenvalue weighted by Gasteiger charge is 2.42. The van der Waals surface area contributed by atoms with E-state index in [1.807, 2.05) is 18.3 Å². The Balaban J connectivity index is 1.25. The summed E-state index contributed by atoms with van der Waals surface area (Å²) < 4.78 is 13.0. The number of hydrogen-bond donors (Lipinski definition) is 3. The van der Waals surface area contributed by atoms with Gasteiger partial charge in [0.15, 0.2) is 0 Å². The molecule has 0 aliphatic heterocycles. The van der Waals surface area contributed by atoms with Gasteiger partial charge in [-0.1, -0.05) is 12.1 Å². The van der Waals surface area contributed by atoms with Crippen molar-refractivity contribution >= 4 is 6.03 Å². The number of urea groups is 1. The molecule has 6 heteroatoms. The van der Waals surface area contributed by atoms with Crippen molar-refractivity contribution in [2.24, 2.45) is 5.41 Å². The van der Waals surface area contributed by atoms with Crippen molar-refractivity contribution in [1.82, 2.24) is 20.8 Å². The van der Waals surface area contributed by atoms with Crippen molar-refractivity contribution < 1.29 is 9.18 Å². The molecule has 0 spiro atoms. The highest BCUT2D eigenvalue weighted by molar-refractivity contribution is 5.74. The second kappa shape index (κ2) is 6.50. The molecular formula is C19H23FN4O. The molecule has 25 heavy (non-hydrogen) atoms. The van der Waals surface area contributed by atoms with Crippen LogP contribution < -0.4 is 10.6 Å². The first-order valence-electron chi connectivity index (χ1n) is 8.92. The van der Waals surface area contributed by atoms with Crippen LogP contribution in [-0.2, 0) is 19.3 Å². The van der Waals surface area contributed by atoms with Crippen LogP contribution in [0.2, 0.25) is 0 Å². The summed E-state index contributed by atoms with van der Waals surface area (Å²) >= 11 is 0. The molecule has 2 aliphatic carbocycles. The summed E-state index contributed by atoms with van der Waals surface area (Å²) in [5.41, 5.74) is 3.65. The predicted octanol–water partition coefficient (Wildman–Crippen LogP) is 2.73. The normalized spacial score (nSPS) is 20.6. The monoisotopic (exact) mass is 342 g/mol. The Morgan fingerprint density at radius 1 is 1.32 bits per heavy atom. The topological polar surface area (TPSA) is 69.8 Å². The zero-order valence-electron chi connectivity index (χ0n) is 14.1. The molecule has 2 amide bonds. The lowest BCUT2D eigenvalue weighted by atomic mass is 9.94. The molecule has 1 fully saturated rings. The number of benzene rings is 1. The van der Waals surface area contributed by atoms with Crippen LogP contribution >= 0.6 is 0 Å². The van der Waals surface area contributed by atoms with Crippen LogP contribution in [0, 0.1) is 11.2 Å². The highest BCUT2D eigenvalue weighted by Crippen LogP contribution is 2.47. The lowest BCUT2D eigenvalue weighted by molar-refractivity contribution is 0.232. The van der Waals surface area contributed by atoms with E-state index in [0.717, 1.165) is 49.8 Å². The Morgan fingerprint density at radius 2 is 2.12 bits per heavy atom. The van der Waals surface area contributed by atoms with Gasteiger partial charge >= 0.3 is 6.03 Å². The fourth-order valence-corrected chi connectivity index (χ4v) is 3.66. The minimum atomic E-state index is -0.209. The fourth-order valence-electron chi connectivity index (χ4n) is 3.66. The lowest BCUT2D eigenvalue weighted by Crippen LogP contribution is -2.46. The Bertz CT molecular complexity index is 751. The molecule has 1 saturated carbocycles. The molecule has 1 unspecified atom stereocenters. The van der Waals surface area contributed by atoms with Gasteiger partial charge < -0.3 is 10.6 Å². The first kappa shape index (κ1) is 16.1. The number of nitrogens with one attached hydrogen (secondary N) is 3. The lowest BCUT2D eigenvalue weighted by Gasteiger charge is -2.24. The summed E-state index contributed by atoms with van der Waals surface area (Å²) in [6.45, 7) is 0.665. The van der Waals surface area contributed by atoms with Crippen LogP contribution in [-0.4, -0.2) is 28.8 Å². The number of halogens is 1. The van der Waals surface area contributed by atoms with Gasteiger partial charge in [0.2, 0.25) is 0 Å². The summed E-state index contributed by atoms with van der Waals surface area (Å²) in [5.74, 6) is -0.209. The van der Waals surface area contributed by atoms with E-state index in [-0.39, 0.29) is 23.3 Å². The van der Waals surface area contributed by atoms with E-state index >= 15 is 0 Å². The third-order valence-corrected chi connectivity index (χ3v) is 5.43. The van der Waals surface area contributed by atoms with Crippen LogP contribution in [0.3, 0.4) is 0 Å². The maximum atomic E-state index is 13.0. The van der Waals surface area contributed by atoms with E-state index in [9.17, 15) is 9.18 Å². The minimum absolute atomic E-state index is 0.0988. The van der Waals surface area contributed by atoms with E-state index in [2.05, 4.69) is 20.8 Å². The molecule has 132 valence electrons. The van der Waals surface area contributed by atoms with Crippen molar-refractivity contribution in [3.05, 3.63) is 53.1 Å². The van der Waals surface area contributed by atoms with Gasteiger partial charge in [-0.2, -0.15) is 5.10 Å². The number of fused-ring (bicyclic) bond motifs is 1. The number of carbonyl (C=O) groups excluding carboxylic acids is 1. The third-order valence-electron chi connectivity index (χ3n) is 5.43. The summed E-state index contributed by atoms with van der Waals surface area (Å²) in [6.07, 6.45) is 7.67. The molecule has 1 aromatic carbocycles. The molecule has 0 radical (unpaired) electrons. The number of amides is 2. The zero-order valence-corrected chi connectivity index (χ0v) is 14.1. The molecule has 3 N–H and O–H groups in total. The predicted molar refractivity (Wildman–Crippen MR) is 92.7 cm³/mol. The molecule has 5 nitrogen and oxygen atoms in total. The van der Waals surface area contributed by atoms with E-state index in [4.69, 9.17) is 0 Å². The Kier molecular flexibility index (Phi) is 4.19. The SMILES string of the molecule is O=C(NCC1(Cc2ccc(F)cc2)CC1)NC1CCc2cn[nH]c2C1. The van der Waals surface area contributed by atoms with Gasteiger partial charge in [0.1, 0.15) is 5.82 Å². The Hall–Kier alpha value is -2.37. The summed E-state index contributed by atoms with van der Waals surface area (Å²) in [5, 5.41) is 13.2.